The van der Waals surface area contributed by atoms with Crippen molar-refractivity contribution >= 4 is 21.9 Å². The molecule has 4 bridgehead atoms. The highest BCUT2D eigenvalue weighted by atomic mass is 32.2. The summed E-state index contributed by atoms with van der Waals surface area (Å²) in [7, 11) is -1.94. The smallest absolute Gasteiger partial charge is 0.264 e. The molecule has 1 saturated heterocycles. The summed E-state index contributed by atoms with van der Waals surface area (Å²) in [6.45, 7) is 12.8. The van der Waals surface area contributed by atoms with Crippen LogP contribution in [0.1, 0.15) is 81.4 Å². The Kier molecular flexibility index (Phi) is 8.89. The number of carbonyl (C=O) groups is 1. The van der Waals surface area contributed by atoms with Gasteiger partial charge >= 0.3 is 0 Å². The lowest BCUT2D eigenvalue weighted by atomic mass is 9.59. The van der Waals surface area contributed by atoms with E-state index in [1.54, 1.807) is 12.1 Å². The molecule has 2 aliphatic heterocycles. The van der Waals surface area contributed by atoms with Crippen molar-refractivity contribution < 1.29 is 19.4 Å². The number of ether oxygens (including phenoxy) is 1. The van der Waals surface area contributed by atoms with Crippen LogP contribution in [0, 0.1) is 25.2 Å². The zero-order chi connectivity index (χ0) is 32.8. The molecule has 1 aliphatic carbocycles. The Morgan fingerprint density at radius 3 is 2.39 bits per heavy atom. The fourth-order valence-corrected chi connectivity index (χ4v) is 8.70. The predicted octanol–water partition coefficient (Wildman–Crippen LogP) is 6.49. The van der Waals surface area contributed by atoms with E-state index in [2.05, 4.69) is 35.5 Å². The molecule has 1 amide bonds. The van der Waals surface area contributed by atoms with Gasteiger partial charge in [0.1, 0.15) is 6.61 Å². The van der Waals surface area contributed by atoms with Gasteiger partial charge < -0.3 is 14.5 Å². The van der Waals surface area contributed by atoms with E-state index in [1.165, 1.54) is 12.1 Å². The van der Waals surface area contributed by atoms with Crippen LogP contribution >= 0.6 is 0 Å². The maximum atomic E-state index is 14.5. The quantitative estimate of drug-likeness (QED) is 0.337. The predicted molar refractivity (Wildman–Crippen MR) is 183 cm³/mol. The number of benzene rings is 2. The van der Waals surface area contributed by atoms with Crippen molar-refractivity contribution in [1.82, 2.24) is 19.8 Å². The van der Waals surface area contributed by atoms with Crippen molar-refractivity contribution in [1.29, 1.82) is 0 Å². The lowest BCUT2D eigenvalue weighted by molar-refractivity contribution is -0.0498. The minimum absolute atomic E-state index is 0. The van der Waals surface area contributed by atoms with Gasteiger partial charge in [-0.2, -0.15) is 4.98 Å². The molecule has 1 atom stereocenters. The van der Waals surface area contributed by atoms with Crippen LogP contribution in [0.4, 0.5) is 5.95 Å². The van der Waals surface area contributed by atoms with Crippen molar-refractivity contribution in [3.05, 3.63) is 64.7 Å². The zero-order valence-corrected chi connectivity index (χ0v) is 28.8. The molecule has 2 fully saturated rings. The van der Waals surface area contributed by atoms with E-state index in [-0.39, 0.29) is 42.3 Å². The van der Waals surface area contributed by atoms with Crippen LogP contribution in [0.5, 0.6) is 5.88 Å². The minimum Gasteiger partial charge on any atom is -0.475 e. The fraction of sp³-hybridized carbons (Fsp3) is 0.528. The Morgan fingerprint density at radius 1 is 1.07 bits per heavy atom. The molecule has 6 rings (SSSR count). The maximum Gasteiger partial charge on any atom is 0.264 e. The van der Waals surface area contributed by atoms with Crippen molar-refractivity contribution in [3.63, 3.8) is 0 Å². The molecule has 1 saturated carbocycles. The highest BCUT2D eigenvalue weighted by Crippen LogP contribution is 2.51. The van der Waals surface area contributed by atoms with Gasteiger partial charge in [-0.3, -0.25) is 4.79 Å². The van der Waals surface area contributed by atoms with Crippen molar-refractivity contribution in [2.45, 2.75) is 90.1 Å². The van der Waals surface area contributed by atoms with Crippen LogP contribution in [0.3, 0.4) is 0 Å². The van der Waals surface area contributed by atoms with Gasteiger partial charge in [0.05, 0.1) is 16.6 Å². The normalized spacial score (nSPS) is 21.5. The van der Waals surface area contributed by atoms with Crippen LogP contribution in [-0.2, 0) is 16.4 Å². The Morgan fingerprint density at radius 2 is 1.74 bits per heavy atom. The monoisotopic (exact) mass is 647 g/mol. The SMILES string of the molecule is CCc1c2nc(nc1-c1c(C)cccc1C)NS(=O)(=O)c1cccc(c1)C(=O)N(C1CC3(CCN(C)CC3)C1)[C@H](CC(C)C)CO2.[HH]. The topological polar surface area (TPSA) is 105 Å². The van der Waals surface area contributed by atoms with Gasteiger partial charge in [-0.1, -0.05) is 45.0 Å². The highest BCUT2D eigenvalue weighted by molar-refractivity contribution is 7.92. The molecule has 0 unspecified atom stereocenters. The number of fused-ring (bicyclic) bond motifs is 4. The number of nitrogens with one attached hydrogen (secondary N) is 1. The summed E-state index contributed by atoms with van der Waals surface area (Å²) in [6.07, 6.45) is 5.51. The number of anilines is 1. The molecule has 2 aromatic carbocycles. The second-order valence-corrected chi connectivity index (χ2v) is 15.8. The molecule has 3 aliphatic rings. The summed E-state index contributed by atoms with van der Waals surface area (Å²) in [4.78, 5) is 28.4. The molecule has 248 valence electrons. The Balaban J connectivity index is 0.00000433. The number of hydrogen-bond acceptors (Lipinski definition) is 7. The summed E-state index contributed by atoms with van der Waals surface area (Å²) >= 11 is 0. The molecule has 46 heavy (non-hydrogen) atoms. The van der Waals surface area contributed by atoms with Gasteiger partial charge in [-0.15, -0.1) is 0 Å². The first-order valence-corrected chi connectivity index (χ1v) is 18.1. The van der Waals surface area contributed by atoms with E-state index in [0.29, 0.717) is 29.5 Å². The molecular weight excluding hydrogens is 598 g/mol. The number of nitrogens with zero attached hydrogens (tertiary/aromatic N) is 4. The van der Waals surface area contributed by atoms with Crippen LogP contribution in [0.25, 0.3) is 11.3 Å². The first-order chi connectivity index (χ1) is 21.9. The van der Waals surface area contributed by atoms with Gasteiger partial charge in [-0.05, 0) is 113 Å². The van der Waals surface area contributed by atoms with Crippen LogP contribution in [0.2, 0.25) is 0 Å². The van der Waals surface area contributed by atoms with Crippen LogP contribution in [0.15, 0.2) is 47.4 Å². The van der Waals surface area contributed by atoms with Gasteiger partial charge in [0.2, 0.25) is 11.8 Å². The molecule has 1 spiro atoms. The van der Waals surface area contributed by atoms with Gasteiger partial charge in [0.25, 0.3) is 15.9 Å². The molecule has 10 heteroatoms. The van der Waals surface area contributed by atoms with Crippen LogP contribution < -0.4 is 9.46 Å². The van der Waals surface area contributed by atoms with Crippen LogP contribution in [-0.4, -0.2) is 72.9 Å². The third-order valence-electron chi connectivity index (χ3n) is 10.2. The summed E-state index contributed by atoms with van der Waals surface area (Å²) in [5.41, 5.74) is 5.08. The number of carbonyl (C=O) groups excluding carboxylic acids is 1. The maximum absolute atomic E-state index is 14.5. The number of amides is 1. The largest absolute Gasteiger partial charge is 0.475 e. The van der Waals surface area contributed by atoms with Gasteiger partial charge in [-0.25, -0.2) is 18.1 Å². The number of aryl methyl sites for hydroxylation is 2. The Labute approximate surface area is 275 Å². The van der Waals surface area contributed by atoms with E-state index in [0.717, 1.165) is 67.4 Å². The van der Waals surface area contributed by atoms with E-state index in [9.17, 15) is 13.2 Å². The summed E-state index contributed by atoms with van der Waals surface area (Å²) < 4.78 is 36.8. The molecule has 1 N–H and O–H groups in total. The lowest BCUT2D eigenvalue weighted by Crippen LogP contribution is -2.59. The number of piperidine rings is 1. The average molecular weight is 648 g/mol. The average Bonchev–Trinajstić information content (AvgIpc) is 2.99. The summed E-state index contributed by atoms with van der Waals surface area (Å²) in [6, 6.07) is 12.3. The van der Waals surface area contributed by atoms with Gasteiger partial charge in [0, 0.05) is 24.2 Å². The van der Waals surface area contributed by atoms with E-state index < -0.39 is 10.0 Å². The lowest BCUT2D eigenvalue weighted by Gasteiger charge is -2.56. The van der Waals surface area contributed by atoms with Crippen molar-refractivity contribution in [2.24, 2.45) is 11.3 Å². The number of likely N-dealkylation sites (tertiary alicyclic amines) is 1. The second-order valence-electron chi connectivity index (χ2n) is 14.1. The van der Waals surface area contributed by atoms with E-state index in [1.807, 2.05) is 43.9 Å². The molecule has 9 nitrogen and oxygen atoms in total. The summed E-state index contributed by atoms with van der Waals surface area (Å²) in [5, 5.41) is 0. The number of rotatable bonds is 5. The highest BCUT2D eigenvalue weighted by Gasteiger charge is 2.50. The second kappa shape index (κ2) is 12.6. The Hall–Kier alpha value is -3.50. The van der Waals surface area contributed by atoms with E-state index >= 15 is 0 Å². The molecule has 1 aromatic heterocycles. The van der Waals surface area contributed by atoms with Crippen molar-refractivity contribution in [2.75, 3.05) is 31.5 Å². The first kappa shape index (κ1) is 32.4. The van der Waals surface area contributed by atoms with Crippen molar-refractivity contribution in [3.8, 4) is 17.1 Å². The number of sulfonamides is 1. The standard InChI is InChI=1S/C36H47N5O4S.H2/c1-7-30-32(31-24(4)10-8-11-25(31)5)37-35-38-33(30)45-22-27(18-23(2)3)41(28-20-36(21-28)14-16-40(6)17-15-36)34(42)26-12-9-13-29(19-26)46(43,44)39-35;/h8-13,19,23,27-28H,7,14-18,20-22H2,1-6H3,(H,37,38,39);1H/t27-;/m1./s1. The van der Waals surface area contributed by atoms with Gasteiger partial charge in [0.15, 0.2) is 0 Å². The Bertz CT molecular complexity index is 1710. The third-order valence-corrected chi connectivity index (χ3v) is 11.5. The number of hydrogen-bond donors (Lipinski definition) is 1. The summed E-state index contributed by atoms with van der Waals surface area (Å²) in [5.74, 6) is 0.451. The number of aromatic nitrogens is 2. The minimum atomic E-state index is -4.12. The molecule has 0 radical (unpaired) electrons. The molecule has 3 aromatic rings. The first-order valence-electron chi connectivity index (χ1n) is 16.6. The molecular formula is C36H49N5O4S. The zero-order valence-electron chi connectivity index (χ0n) is 28.0. The fourth-order valence-electron chi connectivity index (χ4n) is 7.71. The van der Waals surface area contributed by atoms with E-state index in [4.69, 9.17) is 9.72 Å². The molecule has 3 heterocycles. The third kappa shape index (κ3) is 6.26.